The average molecular weight is 281 g/mol. The summed E-state index contributed by atoms with van der Waals surface area (Å²) in [5.74, 6) is -0.227. The molecule has 1 heterocycles. The van der Waals surface area contributed by atoms with E-state index in [0.717, 1.165) is 5.56 Å². The number of hydroxylamine groups is 1. The molecule has 6 heteroatoms. The number of amides is 1. The minimum Gasteiger partial charge on any atom is -0.306 e. The minimum atomic E-state index is -0.653. The van der Waals surface area contributed by atoms with Crippen LogP contribution in [0.3, 0.4) is 0 Å². The Morgan fingerprint density at radius 1 is 1.14 bits per heavy atom. The summed E-state index contributed by atoms with van der Waals surface area (Å²) < 4.78 is 0. The smallest absolute Gasteiger partial charge is 0.274 e. The number of nitrogens with one attached hydrogen (secondary N) is 2. The van der Waals surface area contributed by atoms with Crippen molar-refractivity contribution in [3.05, 3.63) is 64.4 Å². The van der Waals surface area contributed by atoms with Gasteiger partial charge in [0.05, 0.1) is 10.9 Å². The van der Waals surface area contributed by atoms with Crippen molar-refractivity contribution >= 4 is 16.8 Å². The molecule has 2 aromatic carbocycles. The van der Waals surface area contributed by atoms with Crippen molar-refractivity contribution in [3.8, 4) is 11.4 Å². The lowest BCUT2D eigenvalue weighted by atomic mass is 10.1. The van der Waals surface area contributed by atoms with Crippen molar-refractivity contribution in [2.45, 2.75) is 0 Å². The standard InChI is InChI=1S/C15H11N3O3/c19-14(18-21)10-6-7-11-12(8-10)16-13(17-15(11)20)9-4-2-1-3-5-9/h1-8,21H,(H,18,19)(H,16,17,20). The molecule has 0 aliphatic heterocycles. The Morgan fingerprint density at radius 2 is 1.90 bits per heavy atom. The molecule has 21 heavy (non-hydrogen) atoms. The van der Waals surface area contributed by atoms with Gasteiger partial charge >= 0.3 is 0 Å². The molecule has 0 unspecified atom stereocenters. The van der Waals surface area contributed by atoms with E-state index in [-0.39, 0.29) is 11.1 Å². The predicted molar refractivity (Wildman–Crippen MR) is 77.1 cm³/mol. The average Bonchev–Trinajstić information content (AvgIpc) is 2.54. The molecule has 1 amide bonds. The molecular formula is C15H11N3O3. The third-order valence-electron chi connectivity index (χ3n) is 3.12. The van der Waals surface area contributed by atoms with Crippen molar-refractivity contribution in [3.63, 3.8) is 0 Å². The Balaban J connectivity index is 2.22. The summed E-state index contributed by atoms with van der Waals surface area (Å²) in [6.45, 7) is 0. The molecule has 3 rings (SSSR count). The van der Waals surface area contributed by atoms with Gasteiger partial charge < -0.3 is 4.98 Å². The van der Waals surface area contributed by atoms with E-state index in [1.54, 1.807) is 5.48 Å². The minimum absolute atomic E-state index is 0.224. The number of nitrogens with zero attached hydrogens (tertiary/aromatic N) is 1. The van der Waals surface area contributed by atoms with E-state index in [9.17, 15) is 9.59 Å². The number of carbonyl (C=O) groups is 1. The number of aromatic nitrogens is 2. The maximum atomic E-state index is 12.1. The van der Waals surface area contributed by atoms with Gasteiger partial charge in [0.15, 0.2) is 0 Å². The summed E-state index contributed by atoms with van der Waals surface area (Å²) in [5, 5.41) is 9.04. The molecule has 0 spiro atoms. The molecule has 0 radical (unpaired) electrons. The first-order valence-corrected chi connectivity index (χ1v) is 6.23. The fraction of sp³-hybridized carbons (Fsp3) is 0. The van der Waals surface area contributed by atoms with Gasteiger partial charge in [0.2, 0.25) is 0 Å². The topological polar surface area (TPSA) is 95.1 Å². The third kappa shape index (κ3) is 2.39. The van der Waals surface area contributed by atoms with E-state index >= 15 is 0 Å². The van der Waals surface area contributed by atoms with Crippen LogP contribution in [-0.2, 0) is 0 Å². The van der Waals surface area contributed by atoms with E-state index in [1.165, 1.54) is 18.2 Å². The van der Waals surface area contributed by atoms with Crippen LogP contribution in [0.5, 0.6) is 0 Å². The van der Waals surface area contributed by atoms with E-state index in [1.807, 2.05) is 30.3 Å². The Labute approximate surface area is 119 Å². The molecule has 0 fully saturated rings. The lowest BCUT2D eigenvalue weighted by Gasteiger charge is -2.04. The molecule has 3 N–H and O–H groups in total. The predicted octanol–water partition coefficient (Wildman–Crippen LogP) is 1.71. The van der Waals surface area contributed by atoms with Crippen LogP contribution >= 0.6 is 0 Å². The van der Waals surface area contributed by atoms with Gasteiger partial charge in [0.25, 0.3) is 11.5 Å². The molecule has 0 aliphatic carbocycles. The number of aromatic amines is 1. The zero-order chi connectivity index (χ0) is 14.8. The summed E-state index contributed by atoms with van der Waals surface area (Å²) in [5.41, 5.74) is 2.66. The number of benzene rings is 2. The fourth-order valence-corrected chi connectivity index (χ4v) is 2.08. The maximum absolute atomic E-state index is 12.1. The lowest BCUT2D eigenvalue weighted by molar-refractivity contribution is 0.0706. The molecule has 6 nitrogen and oxygen atoms in total. The zero-order valence-corrected chi connectivity index (χ0v) is 10.8. The SMILES string of the molecule is O=C(NO)c1ccc2c(=O)[nH]c(-c3ccccc3)nc2c1. The second-order valence-corrected chi connectivity index (χ2v) is 4.45. The van der Waals surface area contributed by atoms with Crippen LogP contribution in [-0.4, -0.2) is 21.1 Å². The van der Waals surface area contributed by atoms with Crippen LogP contribution in [0, 0.1) is 0 Å². The van der Waals surface area contributed by atoms with Crippen LogP contribution in [0.25, 0.3) is 22.3 Å². The summed E-state index contributed by atoms with van der Waals surface area (Å²) in [6, 6.07) is 13.6. The van der Waals surface area contributed by atoms with Gasteiger partial charge in [-0.15, -0.1) is 0 Å². The number of hydrogen-bond donors (Lipinski definition) is 3. The lowest BCUT2D eigenvalue weighted by Crippen LogP contribution is -2.19. The Bertz CT molecular complexity index is 872. The Hall–Kier alpha value is -2.99. The van der Waals surface area contributed by atoms with Gasteiger partial charge in [-0.25, -0.2) is 10.5 Å². The van der Waals surface area contributed by atoms with Gasteiger partial charge in [-0.2, -0.15) is 0 Å². The number of hydrogen-bond acceptors (Lipinski definition) is 4. The van der Waals surface area contributed by atoms with Crippen LogP contribution in [0.15, 0.2) is 53.3 Å². The van der Waals surface area contributed by atoms with Gasteiger partial charge in [-0.05, 0) is 18.2 Å². The highest BCUT2D eigenvalue weighted by Gasteiger charge is 2.09. The summed E-state index contributed by atoms with van der Waals surface area (Å²) >= 11 is 0. The normalized spacial score (nSPS) is 10.5. The van der Waals surface area contributed by atoms with Crippen LogP contribution < -0.4 is 11.0 Å². The first-order valence-electron chi connectivity index (χ1n) is 6.23. The number of rotatable bonds is 2. The van der Waals surface area contributed by atoms with E-state index in [4.69, 9.17) is 5.21 Å². The highest BCUT2D eigenvalue weighted by atomic mass is 16.5. The first kappa shape index (κ1) is 13.0. The molecule has 104 valence electrons. The van der Waals surface area contributed by atoms with Crippen molar-refractivity contribution in [2.24, 2.45) is 0 Å². The molecule has 0 atom stereocenters. The molecule has 1 aromatic heterocycles. The number of fused-ring (bicyclic) bond motifs is 1. The van der Waals surface area contributed by atoms with E-state index < -0.39 is 5.91 Å². The van der Waals surface area contributed by atoms with E-state index in [0.29, 0.717) is 16.7 Å². The Kier molecular flexibility index (Phi) is 3.21. The summed E-state index contributed by atoms with van der Waals surface area (Å²) in [6.07, 6.45) is 0. The first-order chi connectivity index (χ1) is 10.2. The van der Waals surface area contributed by atoms with Crippen molar-refractivity contribution < 1.29 is 10.0 Å². The fourth-order valence-electron chi connectivity index (χ4n) is 2.08. The van der Waals surface area contributed by atoms with Crippen LogP contribution in [0.1, 0.15) is 10.4 Å². The van der Waals surface area contributed by atoms with Gasteiger partial charge in [-0.1, -0.05) is 30.3 Å². The highest BCUT2D eigenvalue weighted by Crippen LogP contribution is 2.16. The van der Waals surface area contributed by atoms with E-state index in [2.05, 4.69) is 9.97 Å². The van der Waals surface area contributed by atoms with Gasteiger partial charge in [-0.3, -0.25) is 14.8 Å². The number of carbonyl (C=O) groups excluding carboxylic acids is 1. The summed E-state index contributed by atoms with van der Waals surface area (Å²) in [4.78, 5) is 30.6. The molecule has 3 aromatic rings. The third-order valence-corrected chi connectivity index (χ3v) is 3.12. The molecule has 0 saturated carbocycles. The Morgan fingerprint density at radius 3 is 2.62 bits per heavy atom. The molecular weight excluding hydrogens is 270 g/mol. The van der Waals surface area contributed by atoms with Crippen LogP contribution in [0.2, 0.25) is 0 Å². The van der Waals surface area contributed by atoms with Gasteiger partial charge in [0, 0.05) is 11.1 Å². The second-order valence-electron chi connectivity index (χ2n) is 4.45. The zero-order valence-electron chi connectivity index (χ0n) is 10.8. The summed E-state index contributed by atoms with van der Waals surface area (Å²) in [7, 11) is 0. The largest absolute Gasteiger partial charge is 0.306 e. The second kappa shape index (κ2) is 5.18. The maximum Gasteiger partial charge on any atom is 0.274 e. The quantitative estimate of drug-likeness (QED) is 0.492. The molecule has 0 aliphatic rings. The van der Waals surface area contributed by atoms with Gasteiger partial charge in [0.1, 0.15) is 5.82 Å². The highest BCUT2D eigenvalue weighted by molar-refractivity contribution is 5.97. The van der Waals surface area contributed by atoms with Crippen molar-refractivity contribution in [1.82, 2.24) is 15.4 Å². The van der Waals surface area contributed by atoms with Crippen molar-refractivity contribution in [1.29, 1.82) is 0 Å². The molecule has 0 bridgehead atoms. The van der Waals surface area contributed by atoms with Crippen molar-refractivity contribution in [2.75, 3.05) is 0 Å². The number of H-pyrrole nitrogens is 1. The molecule has 0 saturated heterocycles. The monoisotopic (exact) mass is 281 g/mol. The van der Waals surface area contributed by atoms with Crippen LogP contribution in [0.4, 0.5) is 0 Å².